The van der Waals surface area contributed by atoms with Crippen LogP contribution >= 0.6 is 0 Å². The lowest BCUT2D eigenvalue weighted by Crippen LogP contribution is -2.69. The van der Waals surface area contributed by atoms with E-state index in [4.69, 9.17) is 9.84 Å². The Labute approximate surface area is 226 Å². The topological polar surface area (TPSA) is 185 Å². The first-order valence-electron chi connectivity index (χ1n) is 13.6. The van der Waals surface area contributed by atoms with Crippen molar-refractivity contribution in [2.45, 2.75) is 88.2 Å². The summed E-state index contributed by atoms with van der Waals surface area (Å²) in [4.78, 5) is 25.5. The zero-order chi connectivity index (χ0) is 29.1. The summed E-state index contributed by atoms with van der Waals surface area (Å²) in [6, 6.07) is 0. The van der Waals surface area contributed by atoms with Crippen LogP contribution in [0.5, 0.6) is 0 Å². The molecule has 4 aliphatic rings. The van der Waals surface area contributed by atoms with E-state index in [0.717, 1.165) is 0 Å². The molecular weight excluding hydrogens is 515 g/mol. The average Bonchev–Trinajstić information content (AvgIpc) is 3.09. The van der Waals surface area contributed by atoms with E-state index < -0.39 is 96.0 Å². The molecule has 0 aromatic heterocycles. The normalized spacial score (nSPS) is 44.5. The lowest BCUT2D eigenvalue weighted by Gasteiger charge is -2.62. The monoisotopic (exact) mass is 556 g/mol. The maximum absolute atomic E-state index is 17.2. The Bertz CT molecular complexity index is 1050. The summed E-state index contributed by atoms with van der Waals surface area (Å²) in [6.07, 6.45) is -3.32. The van der Waals surface area contributed by atoms with E-state index in [1.54, 1.807) is 26.8 Å². The Balaban J connectivity index is 1.53. The number of aliphatic hydroxyl groups excluding tert-OH is 6. The Kier molecular flexibility index (Phi) is 8.07. The van der Waals surface area contributed by atoms with Crippen molar-refractivity contribution in [1.29, 1.82) is 0 Å². The van der Waals surface area contributed by atoms with Crippen LogP contribution in [-0.2, 0) is 14.3 Å². The van der Waals surface area contributed by atoms with Crippen LogP contribution < -0.4 is 0 Å². The van der Waals surface area contributed by atoms with Crippen LogP contribution in [0.3, 0.4) is 0 Å². The molecule has 220 valence electrons. The summed E-state index contributed by atoms with van der Waals surface area (Å²) >= 11 is 0. The maximum Gasteiger partial charge on any atom is 0.190 e. The largest absolute Gasteiger partial charge is 0.394 e. The number of aliphatic hydroxyl groups is 7. The van der Waals surface area contributed by atoms with Crippen LogP contribution in [0, 0.1) is 28.6 Å². The van der Waals surface area contributed by atoms with Crippen molar-refractivity contribution in [1.82, 2.24) is 0 Å². The van der Waals surface area contributed by atoms with Crippen LogP contribution in [0.1, 0.15) is 46.5 Å². The van der Waals surface area contributed by atoms with Gasteiger partial charge in [0.15, 0.2) is 17.2 Å². The second-order valence-electron chi connectivity index (χ2n) is 12.4. The standard InChI is InChI=1S/C28H41FO10/c1-14-8-18-17-5-4-15-9-16(31)6-7-25(15,2)27(17,29)21(34)10-26(18,3)28(14,38)22(35)13-39-12-20(33)24(37)23(36)19(32)11-30/h6-7,9,14,17-21,23-24,30,32-34,36-38H,4-5,8,10-13H2,1-3H3/t14-,17?,18?,19+,20-,21+,23-,24-,25+,26+,27+,28+/m1/s1. The molecule has 10 nitrogen and oxygen atoms in total. The Morgan fingerprint density at radius 3 is 2.44 bits per heavy atom. The van der Waals surface area contributed by atoms with Crippen LogP contribution in [0.25, 0.3) is 0 Å². The number of halogens is 1. The third-order valence-corrected chi connectivity index (χ3v) is 10.5. The van der Waals surface area contributed by atoms with Gasteiger partial charge in [0.1, 0.15) is 36.6 Å². The number of hydrogen-bond donors (Lipinski definition) is 7. The first-order chi connectivity index (χ1) is 18.1. The first kappa shape index (κ1) is 30.4. The first-order valence-corrected chi connectivity index (χ1v) is 13.6. The number of ketones is 2. The minimum absolute atomic E-state index is 0.186. The molecule has 2 unspecified atom stereocenters. The van der Waals surface area contributed by atoms with Gasteiger partial charge in [-0.05, 0) is 56.6 Å². The van der Waals surface area contributed by atoms with Gasteiger partial charge in [0, 0.05) is 16.7 Å². The van der Waals surface area contributed by atoms with Crippen molar-refractivity contribution in [3.05, 3.63) is 23.8 Å². The van der Waals surface area contributed by atoms with Gasteiger partial charge in [-0.15, -0.1) is 0 Å². The van der Waals surface area contributed by atoms with Crippen LogP contribution in [0.2, 0.25) is 0 Å². The molecule has 12 atom stereocenters. The highest BCUT2D eigenvalue weighted by Crippen LogP contribution is 2.70. The van der Waals surface area contributed by atoms with Crippen molar-refractivity contribution < 1.29 is 54.5 Å². The quantitative estimate of drug-likeness (QED) is 0.193. The van der Waals surface area contributed by atoms with Gasteiger partial charge in [0.25, 0.3) is 0 Å². The number of rotatable bonds is 9. The lowest BCUT2D eigenvalue weighted by atomic mass is 9.44. The Morgan fingerprint density at radius 2 is 1.79 bits per heavy atom. The smallest absolute Gasteiger partial charge is 0.190 e. The summed E-state index contributed by atoms with van der Waals surface area (Å²) in [5.41, 5.74) is -5.79. The molecule has 4 aliphatic carbocycles. The predicted molar refractivity (Wildman–Crippen MR) is 135 cm³/mol. The maximum atomic E-state index is 17.2. The Hall–Kier alpha value is -1.57. The zero-order valence-electron chi connectivity index (χ0n) is 22.5. The highest BCUT2D eigenvalue weighted by Gasteiger charge is 2.75. The van der Waals surface area contributed by atoms with Crippen molar-refractivity contribution >= 4 is 11.6 Å². The van der Waals surface area contributed by atoms with Gasteiger partial charge in [0.05, 0.1) is 19.3 Å². The molecule has 0 spiro atoms. The van der Waals surface area contributed by atoms with Gasteiger partial charge in [0.2, 0.25) is 0 Å². The number of fused-ring (bicyclic) bond motifs is 5. The van der Waals surface area contributed by atoms with Crippen molar-refractivity contribution in [2.24, 2.45) is 28.6 Å². The van der Waals surface area contributed by atoms with Crippen LogP contribution in [-0.4, -0.2) is 109 Å². The average molecular weight is 557 g/mol. The highest BCUT2D eigenvalue weighted by molar-refractivity contribution is 6.01. The summed E-state index contributed by atoms with van der Waals surface area (Å²) in [5.74, 6) is -2.63. The van der Waals surface area contributed by atoms with E-state index in [1.165, 1.54) is 12.2 Å². The molecular formula is C28H41FO10. The molecule has 0 aromatic rings. The number of allylic oxidation sites excluding steroid dienone is 4. The molecule has 0 bridgehead atoms. The molecule has 3 fully saturated rings. The van der Waals surface area contributed by atoms with Gasteiger partial charge in [-0.2, -0.15) is 0 Å². The van der Waals surface area contributed by atoms with Gasteiger partial charge in [-0.3, -0.25) is 9.59 Å². The molecule has 0 heterocycles. The van der Waals surface area contributed by atoms with E-state index in [0.29, 0.717) is 24.8 Å². The fourth-order valence-electron chi connectivity index (χ4n) is 8.18. The lowest BCUT2D eigenvalue weighted by molar-refractivity contribution is -0.220. The number of carbonyl (C=O) groups is 2. The zero-order valence-corrected chi connectivity index (χ0v) is 22.5. The predicted octanol–water partition coefficient (Wildman–Crippen LogP) is -0.644. The summed E-state index contributed by atoms with van der Waals surface area (Å²) in [7, 11) is 0. The number of hydrogen-bond acceptors (Lipinski definition) is 10. The molecule has 0 amide bonds. The highest BCUT2D eigenvalue weighted by atomic mass is 19.1. The molecule has 0 aromatic carbocycles. The molecule has 4 rings (SSSR count). The molecule has 0 aliphatic heterocycles. The van der Waals surface area contributed by atoms with Gasteiger partial charge in [-0.25, -0.2) is 4.39 Å². The summed E-state index contributed by atoms with van der Waals surface area (Å²) in [5, 5.41) is 71.5. The molecule has 11 heteroatoms. The van der Waals surface area contributed by atoms with Crippen LogP contribution in [0.4, 0.5) is 4.39 Å². The molecule has 3 saturated carbocycles. The van der Waals surface area contributed by atoms with E-state index >= 15 is 4.39 Å². The van der Waals surface area contributed by atoms with Gasteiger partial charge >= 0.3 is 0 Å². The minimum atomic E-state index is -2.09. The van der Waals surface area contributed by atoms with Gasteiger partial charge < -0.3 is 40.5 Å². The number of alkyl halides is 1. The van der Waals surface area contributed by atoms with Crippen molar-refractivity contribution in [3.63, 3.8) is 0 Å². The summed E-state index contributed by atoms with van der Waals surface area (Å²) < 4.78 is 22.5. The second kappa shape index (κ2) is 10.4. The third-order valence-electron chi connectivity index (χ3n) is 10.5. The molecule has 0 saturated heterocycles. The van der Waals surface area contributed by atoms with E-state index in [1.807, 2.05) is 0 Å². The third kappa shape index (κ3) is 4.28. The number of Topliss-reactive ketones (excluding diaryl/α,β-unsaturated/α-hetero) is 1. The molecule has 7 N–H and O–H groups in total. The van der Waals surface area contributed by atoms with Crippen LogP contribution in [0.15, 0.2) is 23.8 Å². The fraction of sp³-hybridized carbons (Fsp3) is 0.786. The number of carbonyl (C=O) groups excluding carboxylic acids is 2. The van der Waals surface area contributed by atoms with E-state index in [2.05, 4.69) is 0 Å². The Morgan fingerprint density at radius 1 is 1.15 bits per heavy atom. The second-order valence-corrected chi connectivity index (χ2v) is 12.4. The van der Waals surface area contributed by atoms with E-state index in [9.17, 15) is 40.2 Å². The van der Waals surface area contributed by atoms with Crippen molar-refractivity contribution in [2.75, 3.05) is 19.8 Å². The van der Waals surface area contributed by atoms with E-state index in [-0.39, 0.29) is 12.2 Å². The minimum Gasteiger partial charge on any atom is -0.394 e. The fourth-order valence-corrected chi connectivity index (χ4v) is 8.18. The molecule has 39 heavy (non-hydrogen) atoms. The molecule has 0 radical (unpaired) electrons. The van der Waals surface area contributed by atoms with Crippen molar-refractivity contribution in [3.8, 4) is 0 Å². The van der Waals surface area contributed by atoms with Gasteiger partial charge in [-0.1, -0.05) is 25.5 Å². The summed E-state index contributed by atoms with van der Waals surface area (Å²) in [6.45, 7) is 2.99. The number of ether oxygens (including phenoxy) is 1. The SMILES string of the molecule is C[C@@H]1CC2C3CCC4=CC(=O)C=C[C@]4(C)[C@@]3(F)[C@@H](O)C[C@]2(C)[C@@]1(O)C(=O)COC[C@@H](O)[C@@H](O)[C@H](O)[C@@H](O)CO.